The van der Waals surface area contributed by atoms with Crippen molar-refractivity contribution in [3.63, 3.8) is 0 Å². The number of nitrogens with zero attached hydrogens (tertiary/aromatic N) is 1. The van der Waals surface area contributed by atoms with E-state index in [0.717, 1.165) is 63.4 Å². The first-order valence-electron chi connectivity index (χ1n) is 15.4. The van der Waals surface area contributed by atoms with Crippen molar-refractivity contribution >= 4 is 23.8 Å². The van der Waals surface area contributed by atoms with Crippen molar-refractivity contribution in [2.24, 2.45) is 5.73 Å². The fraction of sp³-hybridized carbons (Fsp3) is 0.688. The Balaban J connectivity index is 2.46. The van der Waals surface area contributed by atoms with Crippen molar-refractivity contribution in [1.82, 2.24) is 15.5 Å². The van der Waals surface area contributed by atoms with Crippen LogP contribution in [-0.2, 0) is 19.1 Å². The molecule has 0 aromatic heterocycles. The van der Waals surface area contributed by atoms with Gasteiger partial charge in [-0.05, 0) is 58.9 Å². The lowest BCUT2D eigenvalue weighted by Crippen LogP contribution is -2.54. The van der Waals surface area contributed by atoms with Crippen LogP contribution < -0.4 is 16.4 Å². The fourth-order valence-corrected chi connectivity index (χ4v) is 5.29. The van der Waals surface area contributed by atoms with Crippen LogP contribution in [0.1, 0.15) is 122 Å². The molecule has 0 bridgehead atoms. The molecular formula is C32H52N4O5. The molecule has 1 aromatic carbocycles. The van der Waals surface area contributed by atoms with Gasteiger partial charge in [-0.15, -0.1) is 0 Å². The van der Waals surface area contributed by atoms with E-state index in [9.17, 15) is 19.2 Å². The molecule has 2 rings (SSSR count). The number of ether oxygens (including phenoxy) is 1. The van der Waals surface area contributed by atoms with Crippen LogP contribution in [0.3, 0.4) is 0 Å². The number of carbonyl (C=O) groups excluding carboxylic acids is 4. The highest BCUT2D eigenvalue weighted by molar-refractivity contribution is 5.92. The normalized spacial score (nSPS) is 15.4. The molecule has 4 amide bonds. The average Bonchev–Trinajstić information content (AvgIpc) is 2.89. The number of nitrogens with two attached hydrogens (primary N) is 1. The van der Waals surface area contributed by atoms with Gasteiger partial charge in [0.2, 0.25) is 17.7 Å². The Morgan fingerprint density at radius 2 is 1.73 bits per heavy atom. The van der Waals surface area contributed by atoms with Gasteiger partial charge in [-0.2, -0.15) is 0 Å². The fourth-order valence-electron chi connectivity index (χ4n) is 5.29. The number of hydrogen-bond acceptors (Lipinski definition) is 5. The lowest BCUT2D eigenvalue weighted by atomic mass is 9.94. The smallest absolute Gasteiger partial charge is 0.408 e. The van der Waals surface area contributed by atoms with Gasteiger partial charge < -0.3 is 26.0 Å². The van der Waals surface area contributed by atoms with Crippen LogP contribution in [0.15, 0.2) is 24.3 Å². The van der Waals surface area contributed by atoms with Crippen LogP contribution in [0.2, 0.25) is 0 Å². The highest BCUT2D eigenvalue weighted by Gasteiger charge is 2.37. The second-order valence-corrected chi connectivity index (χ2v) is 12.3. The third-order valence-electron chi connectivity index (χ3n) is 7.32. The lowest BCUT2D eigenvalue weighted by Gasteiger charge is -2.36. The number of aryl methyl sites for hydroxylation is 1. The molecule has 41 heavy (non-hydrogen) atoms. The lowest BCUT2D eigenvalue weighted by molar-refractivity contribution is -0.143. The highest BCUT2D eigenvalue weighted by Crippen LogP contribution is 2.27. The van der Waals surface area contributed by atoms with Gasteiger partial charge >= 0.3 is 6.09 Å². The largest absolute Gasteiger partial charge is 0.444 e. The first kappa shape index (κ1) is 34.1. The van der Waals surface area contributed by atoms with Crippen LogP contribution in [0.5, 0.6) is 0 Å². The standard InChI is InChI=1S/C32H52N4O5/c1-6-7-8-9-13-21-36(30(39)26(19-20-27(33)37)35-31(40)41-32(3,4)5)28(24-16-14-15-23(2)22-24)29(38)34-25-17-11-10-12-18-25/h14-16,22,25-26,28H,6-13,17-21H2,1-5H3,(H2,33,37)(H,34,38)(H,35,40). The van der Waals surface area contributed by atoms with Gasteiger partial charge in [0.1, 0.15) is 17.7 Å². The number of alkyl carbamates (subject to hydrolysis) is 1. The molecule has 0 aliphatic heterocycles. The number of amides is 4. The van der Waals surface area contributed by atoms with E-state index >= 15 is 0 Å². The topological polar surface area (TPSA) is 131 Å². The Morgan fingerprint density at radius 3 is 2.34 bits per heavy atom. The zero-order valence-corrected chi connectivity index (χ0v) is 25.8. The van der Waals surface area contributed by atoms with Crippen LogP contribution in [0.25, 0.3) is 0 Å². The summed E-state index contributed by atoms with van der Waals surface area (Å²) in [6.45, 7) is 9.64. The number of unbranched alkanes of at least 4 members (excludes halogenated alkanes) is 4. The molecule has 1 aliphatic carbocycles. The number of nitrogens with one attached hydrogen (secondary N) is 2. The predicted molar refractivity (Wildman–Crippen MR) is 161 cm³/mol. The molecule has 1 fully saturated rings. The molecule has 2 unspecified atom stereocenters. The molecule has 9 nitrogen and oxygen atoms in total. The van der Waals surface area contributed by atoms with Crippen molar-refractivity contribution in [3.8, 4) is 0 Å². The van der Waals surface area contributed by atoms with Crippen molar-refractivity contribution in [1.29, 1.82) is 0 Å². The number of hydrogen-bond donors (Lipinski definition) is 3. The predicted octanol–water partition coefficient (Wildman–Crippen LogP) is 5.44. The van der Waals surface area contributed by atoms with Crippen molar-refractivity contribution in [2.45, 2.75) is 135 Å². The SMILES string of the molecule is CCCCCCCN(C(=O)C(CCC(N)=O)NC(=O)OC(C)(C)C)C(C(=O)NC1CCCCC1)c1cccc(C)c1. The summed E-state index contributed by atoms with van der Waals surface area (Å²) in [7, 11) is 0. The minimum atomic E-state index is -1.08. The second-order valence-electron chi connectivity index (χ2n) is 12.3. The Labute approximate surface area is 246 Å². The van der Waals surface area contributed by atoms with E-state index in [4.69, 9.17) is 10.5 Å². The van der Waals surface area contributed by atoms with Crippen molar-refractivity contribution < 1.29 is 23.9 Å². The maximum absolute atomic E-state index is 14.3. The van der Waals surface area contributed by atoms with Gasteiger partial charge in [-0.25, -0.2) is 4.79 Å². The zero-order valence-electron chi connectivity index (χ0n) is 25.8. The quantitative estimate of drug-likeness (QED) is 0.241. The number of benzene rings is 1. The van der Waals surface area contributed by atoms with Gasteiger partial charge in [-0.1, -0.05) is 81.7 Å². The second kappa shape index (κ2) is 17.0. The molecule has 0 saturated heterocycles. The average molecular weight is 573 g/mol. The molecule has 1 aliphatic rings. The molecule has 1 saturated carbocycles. The summed E-state index contributed by atoms with van der Waals surface area (Å²) in [6, 6.07) is 5.75. The van der Waals surface area contributed by atoms with Crippen LogP contribution in [0.4, 0.5) is 4.79 Å². The van der Waals surface area contributed by atoms with Crippen LogP contribution in [0, 0.1) is 6.92 Å². The molecule has 1 aromatic rings. The summed E-state index contributed by atoms with van der Waals surface area (Å²) in [4.78, 5) is 54.3. The Kier molecular flexibility index (Phi) is 14.1. The number of carbonyl (C=O) groups is 4. The van der Waals surface area contributed by atoms with Gasteiger partial charge in [0.15, 0.2) is 0 Å². The first-order chi connectivity index (χ1) is 19.4. The van der Waals surface area contributed by atoms with E-state index < -0.39 is 35.6 Å². The van der Waals surface area contributed by atoms with Crippen molar-refractivity contribution in [3.05, 3.63) is 35.4 Å². The molecule has 0 heterocycles. The third kappa shape index (κ3) is 12.5. The summed E-state index contributed by atoms with van der Waals surface area (Å²) in [5.74, 6) is -1.24. The van der Waals surface area contributed by atoms with E-state index in [-0.39, 0.29) is 24.8 Å². The third-order valence-corrected chi connectivity index (χ3v) is 7.32. The number of rotatable bonds is 15. The Hall–Kier alpha value is -3.10. The summed E-state index contributed by atoms with van der Waals surface area (Å²) in [5, 5.41) is 5.89. The van der Waals surface area contributed by atoms with Gasteiger partial charge in [0.25, 0.3) is 0 Å². The van der Waals surface area contributed by atoms with Gasteiger partial charge in [0.05, 0.1) is 0 Å². The Bertz CT molecular complexity index is 1000. The molecule has 2 atom stereocenters. The summed E-state index contributed by atoms with van der Waals surface area (Å²) >= 11 is 0. The van der Waals surface area contributed by atoms with Crippen molar-refractivity contribution in [2.75, 3.05) is 6.54 Å². The number of primary amides is 1. The molecule has 0 spiro atoms. The van der Waals surface area contributed by atoms with E-state index in [2.05, 4.69) is 17.6 Å². The minimum absolute atomic E-state index is 0.00449. The van der Waals surface area contributed by atoms with Crippen LogP contribution >= 0.6 is 0 Å². The Morgan fingerprint density at radius 1 is 1.05 bits per heavy atom. The van der Waals surface area contributed by atoms with Gasteiger partial charge in [0, 0.05) is 19.0 Å². The maximum Gasteiger partial charge on any atom is 0.408 e. The summed E-state index contributed by atoms with van der Waals surface area (Å²) in [6.07, 6.45) is 9.10. The summed E-state index contributed by atoms with van der Waals surface area (Å²) < 4.78 is 5.42. The van der Waals surface area contributed by atoms with E-state index in [1.807, 2.05) is 31.2 Å². The molecule has 9 heteroatoms. The molecule has 230 valence electrons. The summed E-state index contributed by atoms with van der Waals surface area (Å²) in [5.41, 5.74) is 6.34. The maximum atomic E-state index is 14.3. The van der Waals surface area contributed by atoms with E-state index in [1.165, 1.54) is 0 Å². The minimum Gasteiger partial charge on any atom is -0.444 e. The van der Waals surface area contributed by atoms with E-state index in [0.29, 0.717) is 18.5 Å². The van der Waals surface area contributed by atoms with Crippen LogP contribution in [-0.4, -0.2) is 52.9 Å². The highest BCUT2D eigenvalue weighted by atomic mass is 16.6. The first-order valence-corrected chi connectivity index (χ1v) is 15.4. The van der Waals surface area contributed by atoms with E-state index in [1.54, 1.807) is 25.7 Å². The monoisotopic (exact) mass is 572 g/mol. The molecule has 4 N–H and O–H groups in total. The zero-order chi connectivity index (χ0) is 30.4. The molecule has 0 radical (unpaired) electrons. The molecular weight excluding hydrogens is 520 g/mol. The van der Waals surface area contributed by atoms with Gasteiger partial charge in [-0.3, -0.25) is 14.4 Å².